The van der Waals surface area contributed by atoms with Gasteiger partial charge < -0.3 is 5.32 Å². The zero-order chi connectivity index (χ0) is 14.5. The molecule has 0 heterocycles. The van der Waals surface area contributed by atoms with Crippen LogP contribution in [0.5, 0.6) is 0 Å². The highest BCUT2D eigenvalue weighted by Crippen LogP contribution is 2.30. The minimum Gasteiger partial charge on any atom is -0.311 e. The lowest BCUT2D eigenvalue weighted by molar-refractivity contribution is 0.194. The molecule has 0 aromatic heterocycles. The highest BCUT2D eigenvalue weighted by atomic mass is 35.5. The maximum absolute atomic E-state index is 6.26. The molecule has 0 radical (unpaired) electrons. The van der Waals surface area contributed by atoms with Gasteiger partial charge in [-0.2, -0.15) is 0 Å². The van der Waals surface area contributed by atoms with Crippen LogP contribution in [-0.2, 0) is 6.42 Å². The molecule has 0 amide bonds. The van der Waals surface area contributed by atoms with Crippen LogP contribution in [-0.4, -0.2) is 12.1 Å². The van der Waals surface area contributed by atoms with Gasteiger partial charge >= 0.3 is 0 Å². The maximum Gasteiger partial charge on any atom is 0.0438 e. The first-order valence-electron chi connectivity index (χ1n) is 8.07. The molecule has 1 aliphatic rings. The molecule has 1 nitrogen and oxygen atoms in total. The van der Waals surface area contributed by atoms with E-state index in [1.165, 1.54) is 31.2 Å². The fraction of sp³-hybridized carbons (Fsp3) is 0.667. The summed E-state index contributed by atoms with van der Waals surface area (Å²) in [4.78, 5) is 0. The normalized spacial score (nSPS) is 24.9. The lowest BCUT2D eigenvalue weighted by Crippen LogP contribution is -2.45. The Kier molecular flexibility index (Phi) is 5.92. The van der Waals surface area contributed by atoms with E-state index in [1.54, 1.807) is 0 Å². The molecule has 2 heteroatoms. The average Bonchev–Trinajstić information content (AvgIpc) is 2.41. The van der Waals surface area contributed by atoms with Gasteiger partial charge in [-0.25, -0.2) is 0 Å². The molecule has 20 heavy (non-hydrogen) atoms. The summed E-state index contributed by atoms with van der Waals surface area (Å²) >= 11 is 6.26. The monoisotopic (exact) mass is 293 g/mol. The first kappa shape index (κ1) is 15.9. The zero-order valence-corrected chi connectivity index (χ0v) is 13.8. The summed E-state index contributed by atoms with van der Waals surface area (Å²) in [6.07, 6.45) is 6.50. The Bertz CT molecular complexity index is 416. The Morgan fingerprint density at radius 2 is 1.85 bits per heavy atom. The summed E-state index contributed by atoms with van der Waals surface area (Å²) in [7, 11) is 0. The van der Waals surface area contributed by atoms with Gasteiger partial charge in [-0.15, -0.1) is 0 Å². The molecular formula is C18H28ClN. The fourth-order valence-electron chi connectivity index (χ4n) is 3.58. The van der Waals surface area contributed by atoms with Gasteiger partial charge in [-0.05, 0) is 49.7 Å². The topological polar surface area (TPSA) is 12.0 Å². The zero-order valence-electron chi connectivity index (χ0n) is 13.0. The van der Waals surface area contributed by atoms with E-state index in [9.17, 15) is 0 Å². The predicted octanol–water partition coefficient (Wildman–Crippen LogP) is 5.08. The van der Waals surface area contributed by atoms with Crippen LogP contribution in [0.2, 0.25) is 5.02 Å². The van der Waals surface area contributed by atoms with Crippen LogP contribution in [0.25, 0.3) is 0 Å². The van der Waals surface area contributed by atoms with E-state index in [1.807, 2.05) is 12.1 Å². The molecular weight excluding hydrogens is 266 g/mol. The summed E-state index contributed by atoms with van der Waals surface area (Å²) in [5.41, 5.74) is 1.26. The molecule has 1 aromatic rings. The van der Waals surface area contributed by atoms with Crippen molar-refractivity contribution in [2.45, 2.75) is 65.0 Å². The van der Waals surface area contributed by atoms with E-state index < -0.39 is 0 Å². The van der Waals surface area contributed by atoms with Gasteiger partial charge in [0.2, 0.25) is 0 Å². The van der Waals surface area contributed by atoms with Gasteiger partial charge in [-0.3, -0.25) is 0 Å². The molecule has 0 spiro atoms. The maximum atomic E-state index is 6.26. The van der Waals surface area contributed by atoms with E-state index in [-0.39, 0.29) is 0 Å². The summed E-state index contributed by atoms with van der Waals surface area (Å²) in [6, 6.07) is 9.37. The second-order valence-electron chi connectivity index (χ2n) is 6.66. The van der Waals surface area contributed by atoms with Crippen LogP contribution in [0.15, 0.2) is 24.3 Å². The Balaban J connectivity index is 1.93. The molecule has 0 bridgehead atoms. The first-order chi connectivity index (χ1) is 9.58. The SMILES string of the molecule is CC(Cc1ccccc1Cl)NC1CCCCC1C(C)C. The molecule has 0 saturated heterocycles. The van der Waals surface area contributed by atoms with Gasteiger partial charge in [0.05, 0.1) is 0 Å². The summed E-state index contributed by atoms with van der Waals surface area (Å²) in [6.45, 7) is 7.02. The molecule has 3 unspecified atom stereocenters. The van der Waals surface area contributed by atoms with Crippen LogP contribution in [0.3, 0.4) is 0 Å². The third kappa shape index (κ3) is 4.23. The van der Waals surface area contributed by atoms with Crippen LogP contribution in [0.1, 0.15) is 52.0 Å². The Morgan fingerprint density at radius 1 is 1.15 bits per heavy atom. The van der Waals surface area contributed by atoms with Crippen molar-refractivity contribution in [3.05, 3.63) is 34.9 Å². The van der Waals surface area contributed by atoms with Crippen molar-refractivity contribution in [1.29, 1.82) is 0 Å². The van der Waals surface area contributed by atoms with Gasteiger partial charge in [0.15, 0.2) is 0 Å². The van der Waals surface area contributed by atoms with Crippen molar-refractivity contribution in [2.24, 2.45) is 11.8 Å². The Morgan fingerprint density at radius 3 is 2.55 bits per heavy atom. The third-order valence-electron chi connectivity index (χ3n) is 4.66. The van der Waals surface area contributed by atoms with E-state index >= 15 is 0 Å². The average molecular weight is 294 g/mol. The quantitative estimate of drug-likeness (QED) is 0.799. The molecule has 0 aliphatic heterocycles. The van der Waals surface area contributed by atoms with Crippen molar-refractivity contribution in [3.63, 3.8) is 0 Å². The highest BCUT2D eigenvalue weighted by Gasteiger charge is 2.28. The minimum absolute atomic E-state index is 0.485. The van der Waals surface area contributed by atoms with E-state index in [0.29, 0.717) is 12.1 Å². The number of nitrogens with one attached hydrogen (secondary N) is 1. The predicted molar refractivity (Wildman–Crippen MR) is 88.3 cm³/mol. The molecule has 1 aliphatic carbocycles. The second kappa shape index (κ2) is 7.47. The molecule has 2 rings (SSSR count). The van der Waals surface area contributed by atoms with Crippen LogP contribution in [0.4, 0.5) is 0 Å². The van der Waals surface area contributed by atoms with Crippen molar-refractivity contribution in [1.82, 2.24) is 5.32 Å². The summed E-state index contributed by atoms with van der Waals surface area (Å²) < 4.78 is 0. The van der Waals surface area contributed by atoms with E-state index in [4.69, 9.17) is 11.6 Å². The van der Waals surface area contributed by atoms with Crippen molar-refractivity contribution >= 4 is 11.6 Å². The first-order valence-corrected chi connectivity index (χ1v) is 8.45. The van der Waals surface area contributed by atoms with Crippen molar-refractivity contribution < 1.29 is 0 Å². The number of halogens is 1. The van der Waals surface area contributed by atoms with Gasteiger partial charge in [0.1, 0.15) is 0 Å². The lowest BCUT2D eigenvalue weighted by Gasteiger charge is -2.37. The highest BCUT2D eigenvalue weighted by molar-refractivity contribution is 6.31. The lowest BCUT2D eigenvalue weighted by atomic mass is 9.77. The molecule has 1 N–H and O–H groups in total. The van der Waals surface area contributed by atoms with E-state index in [2.05, 4.69) is 38.2 Å². The van der Waals surface area contributed by atoms with Crippen LogP contribution in [0, 0.1) is 11.8 Å². The minimum atomic E-state index is 0.485. The number of rotatable bonds is 5. The van der Waals surface area contributed by atoms with Crippen LogP contribution < -0.4 is 5.32 Å². The van der Waals surface area contributed by atoms with Crippen molar-refractivity contribution in [3.8, 4) is 0 Å². The summed E-state index contributed by atoms with van der Waals surface area (Å²) in [5.74, 6) is 1.61. The van der Waals surface area contributed by atoms with Crippen LogP contribution >= 0.6 is 11.6 Å². The molecule has 3 atom stereocenters. The third-order valence-corrected chi connectivity index (χ3v) is 5.03. The standard InChI is InChI=1S/C18H28ClN/c1-13(2)16-9-5-7-11-18(16)20-14(3)12-15-8-4-6-10-17(15)19/h4,6,8,10,13-14,16,18,20H,5,7,9,11-12H2,1-3H3. The fourth-order valence-corrected chi connectivity index (χ4v) is 3.80. The molecule has 1 fully saturated rings. The van der Waals surface area contributed by atoms with Gasteiger partial charge in [0, 0.05) is 17.1 Å². The molecule has 1 aromatic carbocycles. The Hall–Kier alpha value is -0.530. The van der Waals surface area contributed by atoms with Gasteiger partial charge in [-0.1, -0.05) is 56.5 Å². The number of hydrogen-bond acceptors (Lipinski definition) is 1. The number of benzene rings is 1. The van der Waals surface area contributed by atoms with Gasteiger partial charge in [0.25, 0.3) is 0 Å². The largest absolute Gasteiger partial charge is 0.311 e. The second-order valence-corrected chi connectivity index (χ2v) is 7.07. The van der Waals surface area contributed by atoms with Crippen molar-refractivity contribution in [2.75, 3.05) is 0 Å². The molecule has 1 saturated carbocycles. The smallest absolute Gasteiger partial charge is 0.0438 e. The Labute approximate surface area is 129 Å². The summed E-state index contributed by atoms with van der Waals surface area (Å²) in [5, 5.41) is 4.76. The van der Waals surface area contributed by atoms with E-state index in [0.717, 1.165) is 23.3 Å². The number of hydrogen-bond donors (Lipinski definition) is 1. The molecule has 112 valence electrons.